The molecule has 0 aromatic heterocycles. The van der Waals surface area contributed by atoms with Gasteiger partial charge in [-0.2, -0.15) is 0 Å². The van der Waals surface area contributed by atoms with Crippen LogP contribution in [0.2, 0.25) is 0 Å². The molecule has 6 heteroatoms. The molecular formula is C19H34IN3O2. The Balaban J connectivity index is 1.23. The van der Waals surface area contributed by atoms with Crippen molar-refractivity contribution < 1.29 is 7.80 Å². The topological polar surface area (TPSA) is 28.2 Å². The maximum atomic E-state index is 6.35. The minimum absolute atomic E-state index is 0.137. The van der Waals surface area contributed by atoms with Crippen molar-refractivity contribution in [3.05, 3.63) is 0 Å². The number of nitrogens with zero attached hydrogens (tertiary/aromatic N) is 3. The van der Waals surface area contributed by atoms with Gasteiger partial charge in [-0.3, -0.25) is 4.90 Å². The molecule has 0 atom stereocenters. The van der Waals surface area contributed by atoms with Gasteiger partial charge < -0.3 is 17.6 Å². The number of morpholine rings is 1. The highest BCUT2D eigenvalue weighted by atomic mass is 127. The minimum atomic E-state index is 0.137. The fourth-order valence-electron chi connectivity index (χ4n) is 5.15. The zero-order chi connectivity index (χ0) is 17.3. The molecule has 144 valence electrons. The molecule has 1 saturated carbocycles. The summed E-state index contributed by atoms with van der Waals surface area (Å²) in [6, 6.07) is 0.734. The molecule has 0 aromatic rings. The van der Waals surface area contributed by atoms with Gasteiger partial charge >= 0.3 is 0 Å². The predicted molar refractivity (Wildman–Crippen MR) is 108 cm³/mol. The van der Waals surface area contributed by atoms with Crippen LogP contribution in [0.4, 0.5) is 0 Å². The van der Waals surface area contributed by atoms with Crippen LogP contribution >= 0.6 is 23.0 Å². The first-order valence-corrected chi connectivity index (χ1v) is 11.1. The zero-order valence-corrected chi connectivity index (χ0v) is 17.8. The van der Waals surface area contributed by atoms with E-state index in [1.54, 1.807) is 0 Å². The van der Waals surface area contributed by atoms with E-state index in [1.807, 2.05) is 0 Å². The lowest BCUT2D eigenvalue weighted by molar-refractivity contribution is -0.154. The Kier molecular flexibility index (Phi) is 6.24. The van der Waals surface area contributed by atoms with Crippen molar-refractivity contribution in [2.45, 2.75) is 56.3 Å². The van der Waals surface area contributed by atoms with E-state index in [4.69, 9.17) is 7.80 Å². The highest BCUT2D eigenvalue weighted by molar-refractivity contribution is 14.1. The van der Waals surface area contributed by atoms with Crippen LogP contribution in [0.25, 0.3) is 0 Å². The van der Waals surface area contributed by atoms with Crippen molar-refractivity contribution in [3.8, 4) is 0 Å². The number of piperidine rings is 2. The number of ether oxygens (including phenoxy) is 1. The Hall–Kier alpha value is 0.530. The Bertz CT molecular complexity index is 430. The molecule has 0 aromatic carbocycles. The van der Waals surface area contributed by atoms with Gasteiger partial charge in [-0.05, 0) is 64.6 Å². The first kappa shape index (κ1) is 18.9. The summed E-state index contributed by atoms with van der Waals surface area (Å²) in [5.74, 6) is 0.911. The van der Waals surface area contributed by atoms with Crippen molar-refractivity contribution in [1.29, 1.82) is 0 Å². The molecule has 5 nitrogen and oxygen atoms in total. The molecule has 0 amide bonds. The molecule has 0 N–H and O–H groups in total. The van der Waals surface area contributed by atoms with Crippen LogP contribution in [0.3, 0.4) is 0 Å². The van der Waals surface area contributed by atoms with E-state index in [0.717, 1.165) is 31.7 Å². The molecule has 0 unspecified atom stereocenters. The second-order valence-electron chi connectivity index (χ2n) is 8.89. The maximum Gasteiger partial charge on any atom is 0.110 e. The number of hydrogen-bond donors (Lipinski definition) is 0. The van der Waals surface area contributed by atoms with Crippen LogP contribution in [-0.4, -0.2) is 91.9 Å². The third-order valence-electron chi connectivity index (χ3n) is 7.11. The average Bonchev–Trinajstić information content (AvgIpc) is 2.59. The fraction of sp³-hybridized carbons (Fsp3) is 1.00. The van der Waals surface area contributed by atoms with E-state index in [-0.39, 0.29) is 5.60 Å². The molecule has 0 radical (unpaired) electrons. The van der Waals surface area contributed by atoms with E-state index < -0.39 is 0 Å². The van der Waals surface area contributed by atoms with Gasteiger partial charge in [-0.25, -0.2) is 0 Å². The molecule has 3 heterocycles. The third kappa shape index (κ3) is 4.51. The summed E-state index contributed by atoms with van der Waals surface area (Å²) in [7, 11) is 2.25. The van der Waals surface area contributed by atoms with Crippen molar-refractivity contribution >= 4 is 23.0 Å². The Morgan fingerprint density at radius 1 is 1.08 bits per heavy atom. The van der Waals surface area contributed by atoms with Gasteiger partial charge in [0.25, 0.3) is 0 Å². The van der Waals surface area contributed by atoms with E-state index in [2.05, 4.69) is 44.8 Å². The van der Waals surface area contributed by atoms with E-state index >= 15 is 0 Å². The number of rotatable bonds is 4. The first-order chi connectivity index (χ1) is 12.2. The normalized spacial score (nSPS) is 35.8. The van der Waals surface area contributed by atoms with Crippen LogP contribution in [0, 0.1) is 5.92 Å². The van der Waals surface area contributed by atoms with Crippen molar-refractivity contribution in [2.24, 2.45) is 5.92 Å². The van der Waals surface area contributed by atoms with Crippen LogP contribution in [0.5, 0.6) is 0 Å². The second-order valence-corrected chi connectivity index (χ2v) is 9.39. The summed E-state index contributed by atoms with van der Waals surface area (Å²) in [4.78, 5) is 7.88. The standard InChI is InChI=1S/C19H34IN3O2/c1-21-6-2-16(3-7-21)14-22-8-4-19(5-9-22)15-23(10-11-24-19)17-12-18(13-17)25-20/h16-18H,2-15H2,1H3/t17-,18-. The van der Waals surface area contributed by atoms with Crippen LogP contribution in [0.1, 0.15) is 38.5 Å². The summed E-state index contributed by atoms with van der Waals surface area (Å²) in [6.45, 7) is 9.50. The van der Waals surface area contributed by atoms with Gasteiger partial charge in [-0.15, -0.1) is 0 Å². The van der Waals surface area contributed by atoms with Gasteiger partial charge in [0.15, 0.2) is 0 Å². The van der Waals surface area contributed by atoms with Crippen molar-refractivity contribution in [1.82, 2.24) is 14.7 Å². The lowest BCUT2D eigenvalue weighted by atomic mass is 9.83. The summed E-state index contributed by atoms with van der Waals surface area (Å²) in [5, 5.41) is 0. The molecule has 4 fully saturated rings. The molecule has 1 spiro atoms. The van der Waals surface area contributed by atoms with Crippen LogP contribution in [0.15, 0.2) is 0 Å². The molecule has 3 aliphatic heterocycles. The number of likely N-dealkylation sites (tertiary alicyclic amines) is 2. The quantitative estimate of drug-likeness (QED) is 0.598. The Morgan fingerprint density at radius 2 is 1.80 bits per heavy atom. The Labute approximate surface area is 167 Å². The molecular weight excluding hydrogens is 429 g/mol. The second kappa shape index (κ2) is 8.27. The van der Waals surface area contributed by atoms with Gasteiger partial charge in [-0.1, -0.05) is 0 Å². The minimum Gasteiger partial charge on any atom is -0.372 e. The zero-order valence-electron chi connectivity index (χ0n) is 15.7. The molecule has 0 bridgehead atoms. The molecule has 3 saturated heterocycles. The predicted octanol–water partition coefficient (Wildman–Crippen LogP) is 2.39. The molecule has 4 aliphatic rings. The van der Waals surface area contributed by atoms with Gasteiger partial charge in [0, 0.05) is 38.8 Å². The van der Waals surface area contributed by atoms with Crippen molar-refractivity contribution in [2.75, 3.05) is 59.5 Å². The average molecular weight is 463 g/mol. The summed E-state index contributed by atoms with van der Waals surface area (Å²) < 4.78 is 11.8. The van der Waals surface area contributed by atoms with Gasteiger partial charge in [0.1, 0.15) is 23.0 Å². The smallest absolute Gasteiger partial charge is 0.110 e. The lowest BCUT2D eigenvalue weighted by Gasteiger charge is -2.52. The summed E-state index contributed by atoms with van der Waals surface area (Å²) in [6.07, 6.45) is 8.10. The van der Waals surface area contributed by atoms with E-state index in [0.29, 0.717) is 6.10 Å². The monoisotopic (exact) mass is 463 g/mol. The first-order valence-electron chi connectivity index (χ1n) is 10.2. The third-order valence-corrected chi connectivity index (χ3v) is 7.83. The van der Waals surface area contributed by atoms with Gasteiger partial charge in [0.05, 0.1) is 18.3 Å². The number of halogens is 1. The molecule has 25 heavy (non-hydrogen) atoms. The highest BCUT2D eigenvalue weighted by Crippen LogP contribution is 2.36. The van der Waals surface area contributed by atoms with Crippen LogP contribution < -0.4 is 0 Å². The van der Waals surface area contributed by atoms with Crippen LogP contribution in [-0.2, 0) is 7.80 Å². The molecule has 4 rings (SSSR count). The SMILES string of the molecule is CN1CCC(CN2CCC3(CC2)CN([C@H]2C[C@H](OI)C2)CCO3)CC1. The van der Waals surface area contributed by atoms with E-state index in [1.165, 1.54) is 71.2 Å². The van der Waals surface area contributed by atoms with Gasteiger partial charge in [0.2, 0.25) is 0 Å². The van der Waals surface area contributed by atoms with E-state index in [9.17, 15) is 0 Å². The highest BCUT2D eigenvalue weighted by Gasteiger charge is 2.44. The number of hydrogen-bond acceptors (Lipinski definition) is 5. The Morgan fingerprint density at radius 3 is 2.48 bits per heavy atom. The summed E-state index contributed by atoms with van der Waals surface area (Å²) in [5.41, 5.74) is 0.137. The maximum absolute atomic E-state index is 6.35. The fourth-order valence-corrected chi connectivity index (χ4v) is 5.57. The largest absolute Gasteiger partial charge is 0.372 e. The lowest BCUT2D eigenvalue weighted by Crippen LogP contribution is -2.61. The summed E-state index contributed by atoms with van der Waals surface area (Å²) >= 11 is 2.06. The molecule has 1 aliphatic carbocycles. The van der Waals surface area contributed by atoms with Crippen molar-refractivity contribution in [3.63, 3.8) is 0 Å².